The fraction of sp³-hybridized carbons (Fsp3) is 0.733. The molecule has 2 rings (SSSR count). The Morgan fingerprint density at radius 2 is 1.85 bits per heavy atom. The van der Waals surface area contributed by atoms with E-state index in [1.807, 2.05) is 18.8 Å². The van der Waals surface area contributed by atoms with Crippen LogP contribution >= 0.6 is 11.8 Å². The zero-order chi connectivity index (χ0) is 14.6. The van der Waals surface area contributed by atoms with Crippen LogP contribution in [0.25, 0.3) is 0 Å². The summed E-state index contributed by atoms with van der Waals surface area (Å²) in [5.41, 5.74) is 1.11. The smallest absolute Gasteiger partial charge is 0.134 e. The van der Waals surface area contributed by atoms with Crippen LogP contribution in [0.15, 0.2) is 0 Å². The van der Waals surface area contributed by atoms with E-state index in [0.29, 0.717) is 4.75 Å². The second kappa shape index (κ2) is 6.66. The predicted octanol–water partition coefficient (Wildman–Crippen LogP) is 3.48. The number of nitrogens with zero attached hydrogens (tertiary/aromatic N) is 2. The summed E-state index contributed by atoms with van der Waals surface area (Å²) in [5, 5.41) is 6.75. The van der Waals surface area contributed by atoms with Gasteiger partial charge in [0.05, 0.1) is 0 Å². The molecule has 2 N–H and O–H groups in total. The van der Waals surface area contributed by atoms with Gasteiger partial charge in [0.15, 0.2) is 0 Å². The van der Waals surface area contributed by atoms with Gasteiger partial charge in [0.2, 0.25) is 0 Å². The van der Waals surface area contributed by atoms with E-state index >= 15 is 0 Å². The lowest BCUT2D eigenvalue weighted by molar-refractivity contribution is 0.638. The minimum Gasteiger partial charge on any atom is -0.373 e. The van der Waals surface area contributed by atoms with Crippen LogP contribution in [0.5, 0.6) is 0 Å². The standard InChI is InChI=1S/C15H26N4S/c1-5-12-18-13(16-3)11(2)14(19-12)17-10-15(20-4)8-6-7-9-15/h5-10H2,1-4H3,(H2,16,17,18,19). The number of aromatic nitrogens is 2. The molecule has 4 nitrogen and oxygen atoms in total. The Balaban J connectivity index is 2.16. The van der Waals surface area contributed by atoms with E-state index < -0.39 is 0 Å². The molecule has 0 amide bonds. The van der Waals surface area contributed by atoms with Crippen molar-refractivity contribution in [1.29, 1.82) is 0 Å². The van der Waals surface area contributed by atoms with Crippen molar-refractivity contribution in [2.24, 2.45) is 0 Å². The summed E-state index contributed by atoms with van der Waals surface area (Å²) in [4.78, 5) is 9.17. The second-order valence-electron chi connectivity index (χ2n) is 5.51. The van der Waals surface area contributed by atoms with Crippen molar-refractivity contribution < 1.29 is 0 Å². The molecule has 1 aliphatic rings. The van der Waals surface area contributed by atoms with Crippen LogP contribution in [0.2, 0.25) is 0 Å². The highest BCUT2D eigenvalue weighted by Gasteiger charge is 2.32. The fourth-order valence-corrected chi connectivity index (χ4v) is 3.77. The monoisotopic (exact) mass is 294 g/mol. The van der Waals surface area contributed by atoms with E-state index in [9.17, 15) is 0 Å². The molecule has 1 aliphatic carbocycles. The van der Waals surface area contributed by atoms with E-state index in [4.69, 9.17) is 0 Å². The van der Waals surface area contributed by atoms with Crippen LogP contribution < -0.4 is 10.6 Å². The lowest BCUT2D eigenvalue weighted by atomic mass is 10.1. The van der Waals surface area contributed by atoms with Crippen molar-refractivity contribution in [3.63, 3.8) is 0 Å². The van der Waals surface area contributed by atoms with E-state index in [0.717, 1.165) is 36.0 Å². The van der Waals surface area contributed by atoms with Gasteiger partial charge in [-0.3, -0.25) is 0 Å². The maximum atomic E-state index is 4.65. The number of hydrogen-bond acceptors (Lipinski definition) is 5. The molecule has 0 aromatic carbocycles. The average molecular weight is 294 g/mol. The summed E-state index contributed by atoms with van der Waals surface area (Å²) in [6, 6.07) is 0. The average Bonchev–Trinajstić information content (AvgIpc) is 2.95. The Morgan fingerprint density at radius 1 is 1.20 bits per heavy atom. The summed E-state index contributed by atoms with van der Waals surface area (Å²) in [6.45, 7) is 5.17. The van der Waals surface area contributed by atoms with Crippen molar-refractivity contribution in [3.8, 4) is 0 Å². The van der Waals surface area contributed by atoms with Crippen molar-refractivity contribution in [3.05, 3.63) is 11.4 Å². The molecule has 0 spiro atoms. The van der Waals surface area contributed by atoms with Crippen molar-refractivity contribution in [1.82, 2.24) is 9.97 Å². The summed E-state index contributed by atoms with van der Waals surface area (Å²) in [7, 11) is 1.92. The first-order valence-electron chi connectivity index (χ1n) is 7.48. The molecule has 0 saturated heterocycles. The van der Waals surface area contributed by atoms with Gasteiger partial charge in [-0.1, -0.05) is 19.8 Å². The normalized spacial score (nSPS) is 17.2. The summed E-state index contributed by atoms with van der Waals surface area (Å²) in [6.07, 6.45) is 8.42. The Kier molecular flexibility index (Phi) is 5.13. The van der Waals surface area contributed by atoms with Gasteiger partial charge in [-0.25, -0.2) is 9.97 Å². The van der Waals surface area contributed by atoms with Gasteiger partial charge in [0, 0.05) is 30.3 Å². The zero-order valence-corrected chi connectivity index (χ0v) is 13.9. The molecule has 0 atom stereocenters. The third-order valence-corrected chi connectivity index (χ3v) is 5.69. The van der Waals surface area contributed by atoms with Gasteiger partial charge in [-0.15, -0.1) is 0 Å². The van der Waals surface area contributed by atoms with Gasteiger partial charge in [0.25, 0.3) is 0 Å². The zero-order valence-electron chi connectivity index (χ0n) is 13.0. The molecule has 1 heterocycles. The fourth-order valence-electron chi connectivity index (χ4n) is 2.85. The highest BCUT2D eigenvalue weighted by atomic mass is 32.2. The first kappa shape index (κ1) is 15.4. The van der Waals surface area contributed by atoms with Gasteiger partial charge in [-0.05, 0) is 26.0 Å². The lowest BCUT2D eigenvalue weighted by Gasteiger charge is -2.27. The molecule has 0 aliphatic heterocycles. The Bertz CT molecular complexity index is 455. The maximum absolute atomic E-state index is 4.65. The highest BCUT2D eigenvalue weighted by molar-refractivity contribution is 8.00. The van der Waals surface area contributed by atoms with Gasteiger partial charge >= 0.3 is 0 Å². The number of hydrogen-bond donors (Lipinski definition) is 2. The molecule has 5 heteroatoms. The van der Waals surface area contributed by atoms with Gasteiger partial charge in [0.1, 0.15) is 17.5 Å². The van der Waals surface area contributed by atoms with Gasteiger partial charge < -0.3 is 10.6 Å². The SMILES string of the molecule is CCc1nc(NC)c(C)c(NCC2(SC)CCCC2)n1. The number of aryl methyl sites for hydroxylation is 1. The minimum atomic E-state index is 0.392. The highest BCUT2D eigenvalue weighted by Crippen LogP contribution is 2.40. The largest absolute Gasteiger partial charge is 0.373 e. The van der Waals surface area contributed by atoms with E-state index in [-0.39, 0.29) is 0 Å². The molecule has 1 aromatic rings. The van der Waals surface area contributed by atoms with Crippen LogP contribution in [0.4, 0.5) is 11.6 Å². The Hall–Kier alpha value is -0.970. The second-order valence-corrected chi connectivity index (χ2v) is 6.79. The molecular weight excluding hydrogens is 268 g/mol. The van der Waals surface area contributed by atoms with E-state index in [1.165, 1.54) is 25.7 Å². The van der Waals surface area contributed by atoms with E-state index in [1.54, 1.807) is 0 Å². The number of rotatable bonds is 6. The number of nitrogens with one attached hydrogen (secondary N) is 2. The molecule has 1 saturated carbocycles. The molecule has 20 heavy (non-hydrogen) atoms. The van der Waals surface area contributed by atoms with Crippen molar-refractivity contribution in [2.45, 2.75) is 50.7 Å². The number of thioether (sulfide) groups is 1. The molecule has 0 unspecified atom stereocenters. The molecule has 1 fully saturated rings. The van der Waals surface area contributed by atoms with E-state index in [2.05, 4.69) is 40.7 Å². The predicted molar refractivity (Wildman–Crippen MR) is 88.9 cm³/mol. The molecule has 0 radical (unpaired) electrons. The minimum absolute atomic E-state index is 0.392. The molecule has 112 valence electrons. The molecular formula is C15H26N4S. The molecule has 1 aromatic heterocycles. The Labute approximate surface area is 126 Å². The first-order chi connectivity index (χ1) is 9.64. The van der Waals surface area contributed by atoms with Crippen LogP contribution in [0, 0.1) is 6.92 Å². The molecule has 0 bridgehead atoms. The third kappa shape index (κ3) is 3.19. The third-order valence-electron chi connectivity index (χ3n) is 4.27. The lowest BCUT2D eigenvalue weighted by Crippen LogP contribution is -2.30. The quantitative estimate of drug-likeness (QED) is 0.841. The summed E-state index contributed by atoms with van der Waals surface area (Å²) in [5.74, 6) is 2.82. The van der Waals surface area contributed by atoms with Crippen LogP contribution in [0.3, 0.4) is 0 Å². The topological polar surface area (TPSA) is 49.8 Å². The summed E-state index contributed by atoms with van der Waals surface area (Å²) >= 11 is 2.00. The first-order valence-corrected chi connectivity index (χ1v) is 8.71. The van der Waals surface area contributed by atoms with Crippen LogP contribution in [-0.4, -0.2) is 34.6 Å². The van der Waals surface area contributed by atoms with Crippen molar-refractivity contribution >= 4 is 23.4 Å². The Morgan fingerprint density at radius 3 is 2.40 bits per heavy atom. The van der Waals surface area contributed by atoms with Crippen LogP contribution in [0.1, 0.15) is 44.0 Å². The van der Waals surface area contributed by atoms with Crippen molar-refractivity contribution in [2.75, 3.05) is 30.5 Å². The number of anilines is 2. The maximum Gasteiger partial charge on any atom is 0.134 e. The van der Waals surface area contributed by atoms with Gasteiger partial charge in [-0.2, -0.15) is 11.8 Å². The van der Waals surface area contributed by atoms with Crippen LogP contribution in [-0.2, 0) is 6.42 Å². The summed E-state index contributed by atoms with van der Waals surface area (Å²) < 4.78 is 0.392.